The predicted molar refractivity (Wildman–Crippen MR) is 139 cm³/mol. The molecule has 0 spiro atoms. The summed E-state index contributed by atoms with van der Waals surface area (Å²) in [6, 6.07) is 34.9. The highest BCUT2D eigenvalue weighted by atomic mass is 16.5. The molecular weight excluding hydrogens is 416 g/mol. The van der Waals surface area contributed by atoms with Crippen LogP contribution in [0.3, 0.4) is 0 Å². The molecule has 0 saturated carbocycles. The molecule has 1 N–H and O–H groups in total. The SMILES string of the molecule is Cc1ccc(C2(c3ccc(OCC(O)CC(C)C)cc3)c3ccccc3-c3ccccc32)cc1. The van der Waals surface area contributed by atoms with E-state index < -0.39 is 11.5 Å². The van der Waals surface area contributed by atoms with Crippen molar-refractivity contribution in [2.75, 3.05) is 6.61 Å². The van der Waals surface area contributed by atoms with E-state index in [4.69, 9.17) is 4.74 Å². The minimum Gasteiger partial charge on any atom is -0.491 e. The van der Waals surface area contributed by atoms with Crippen LogP contribution in [0.2, 0.25) is 0 Å². The Morgan fingerprint density at radius 2 is 1.21 bits per heavy atom. The average molecular weight is 449 g/mol. The molecule has 1 aliphatic carbocycles. The number of benzene rings is 4. The Hall–Kier alpha value is -3.36. The van der Waals surface area contributed by atoms with Crippen molar-refractivity contribution in [3.8, 4) is 16.9 Å². The Labute approximate surface area is 202 Å². The number of hydrogen-bond acceptors (Lipinski definition) is 2. The fourth-order valence-corrected chi connectivity index (χ4v) is 5.43. The second kappa shape index (κ2) is 9.12. The largest absolute Gasteiger partial charge is 0.491 e. The van der Waals surface area contributed by atoms with Crippen LogP contribution in [-0.2, 0) is 5.41 Å². The van der Waals surface area contributed by atoms with Crippen molar-refractivity contribution < 1.29 is 9.84 Å². The van der Waals surface area contributed by atoms with Crippen LogP contribution in [-0.4, -0.2) is 17.8 Å². The highest BCUT2D eigenvalue weighted by Crippen LogP contribution is 2.56. The van der Waals surface area contributed by atoms with Crippen molar-refractivity contribution in [2.45, 2.75) is 38.7 Å². The number of fused-ring (bicyclic) bond motifs is 3. The second-order valence-electron chi connectivity index (χ2n) is 9.83. The Morgan fingerprint density at radius 1 is 0.706 bits per heavy atom. The van der Waals surface area contributed by atoms with E-state index in [1.165, 1.54) is 38.9 Å². The lowest BCUT2D eigenvalue weighted by atomic mass is 9.67. The van der Waals surface area contributed by atoms with Gasteiger partial charge in [-0.25, -0.2) is 0 Å². The van der Waals surface area contributed by atoms with Gasteiger partial charge in [0.2, 0.25) is 0 Å². The summed E-state index contributed by atoms with van der Waals surface area (Å²) in [6.07, 6.45) is 0.287. The van der Waals surface area contributed by atoms with Crippen LogP contribution in [0.15, 0.2) is 97.1 Å². The van der Waals surface area contributed by atoms with Crippen LogP contribution in [0.25, 0.3) is 11.1 Å². The highest BCUT2D eigenvalue weighted by molar-refractivity contribution is 5.86. The van der Waals surface area contributed by atoms with Crippen molar-refractivity contribution in [2.24, 2.45) is 5.92 Å². The first kappa shape index (κ1) is 22.4. The first-order valence-electron chi connectivity index (χ1n) is 12.2. The van der Waals surface area contributed by atoms with Gasteiger partial charge in [0.05, 0.1) is 11.5 Å². The maximum atomic E-state index is 10.2. The van der Waals surface area contributed by atoms with E-state index in [1.807, 2.05) is 12.1 Å². The molecule has 1 unspecified atom stereocenters. The van der Waals surface area contributed by atoms with E-state index in [-0.39, 0.29) is 0 Å². The summed E-state index contributed by atoms with van der Waals surface area (Å²) in [7, 11) is 0. The normalized spacial score (nSPS) is 14.5. The molecule has 0 amide bonds. The number of aliphatic hydroxyl groups excluding tert-OH is 1. The third kappa shape index (κ3) is 3.82. The summed E-state index contributed by atoms with van der Waals surface area (Å²) in [5.74, 6) is 1.23. The molecule has 34 heavy (non-hydrogen) atoms. The van der Waals surface area contributed by atoms with Gasteiger partial charge in [0.15, 0.2) is 0 Å². The van der Waals surface area contributed by atoms with Gasteiger partial charge in [0.1, 0.15) is 12.4 Å². The van der Waals surface area contributed by atoms with Crippen LogP contribution in [0.5, 0.6) is 5.75 Å². The zero-order valence-electron chi connectivity index (χ0n) is 20.2. The van der Waals surface area contributed by atoms with Gasteiger partial charge < -0.3 is 9.84 Å². The summed E-state index contributed by atoms with van der Waals surface area (Å²) < 4.78 is 5.93. The molecule has 5 rings (SSSR count). The van der Waals surface area contributed by atoms with Crippen LogP contribution >= 0.6 is 0 Å². The van der Waals surface area contributed by atoms with Gasteiger partial charge in [0.25, 0.3) is 0 Å². The van der Waals surface area contributed by atoms with E-state index in [9.17, 15) is 5.11 Å². The first-order chi connectivity index (χ1) is 16.5. The fraction of sp³-hybridized carbons (Fsp3) is 0.250. The lowest BCUT2D eigenvalue weighted by molar-refractivity contribution is 0.0892. The Balaban J connectivity index is 1.62. The van der Waals surface area contributed by atoms with Crippen molar-refractivity contribution in [1.29, 1.82) is 0 Å². The highest BCUT2D eigenvalue weighted by Gasteiger charge is 2.45. The van der Waals surface area contributed by atoms with Crippen molar-refractivity contribution in [3.05, 3.63) is 125 Å². The molecule has 0 aromatic heterocycles. The van der Waals surface area contributed by atoms with E-state index in [1.54, 1.807) is 0 Å². The lowest BCUT2D eigenvalue weighted by Gasteiger charge is -2.34. The maximum Gasteiger partial charge on any atom is 0.119 e. The molecule has 0 aliphatic heterocycles. The average Bonchev–Trinajstić information content (AvgIpc) is 3.15. The van der Waals surface area contributed by atoms with Crippen molar-refractivity contribution >= 4 is 0 Å². The van der Waals surface area contributed by atoms with E-state index in [0.29, 0.717) is 12.5 Å². The predicted octanol–water partition coefficient (Wildman–Crippen LogP) is 7.14. The zero-order chi connectivity index (χ0) is 23.7. The van der Waals surface area contributed by atoms with Gasteiger partial charge in [-0.05, 0) is 64.8 Å². The zero-order valence-corrected chi connectivity index (χ0v) is 20.2. The van der Waals surface area contributed by atoms with Gasteiger partial charge in [-0.2, -0.15) is 0 Å². The molecule has 2 nitrogen and oxygen atoms in total. The quantitative estimate of drug-likeness (QED) is 0.287. The fourth-order valence-electron chi connectivity index (χ4n) is 5.43. The summed E-state index contributed by atoms with van der Waals surface area (Å²) in [4.78, 5) is 0. The van der Waals surface area contributed by atoms with Crippen LogP contribution in [0, 0.1) is 12.8 Å². The van der Waals surface area contributed by atoms with Gasteiger partial charge in [-0.15, -0.1) is 0 Å². The molecule has 172 valence electrons. The molecule has 0 fully saturated rings. The molecule has 0 radical (unpaired) electrons. The van der Waals surface area contributed by atoms with Crippen molar-refractivity contribution in [3.63, 3.8) is 0 Å². The molecule has 1 atom stereocenters. The van der Waals surface area contributed by atoms with Gasteiger partial charge in [-0.1, -0.05) is 104 Å². The number of ether oxygens (including phenoxy) is 1. The van der Waals surface area contributed by atoms with Crippen LogP contribution in [0.4, 0.5) is 0 Å². The minimum absolute atomic E-state index is 0.312. The molecule has 4 aromatic carbocycles. The van der Waals surface area contributed by atoms with Gasteiger partial charge in [0, 0.05) is 0 Å². The van der Waals surface area contributed by atoms with Crippen LogP contribution < -0.4 is 4.74 Å². The molecule has 0 heterocycles. The Kier molecular flexibility index (Phi) is 6.02. The third-order valence-electron chi connectivity index (χ3n) is 6.91. The minimum atomic E-state index is -0.452. The Morgan fingerprint density at radius 3 is 1.74 bits per heavy atom. The standard InChI is InChI=1S/C32H32O2/c1-22(2)20-26(33)21-34-27-18-16-25(17-19-27)32(24-14-12-23(3)13-15-24)30-10-6-4-8-28(30)29-9-5-7-11-31(29)32/h4-19,22,26,33H,20-21H2,1-3H3. The molecule has 2 heteroatoms. The number of hydrogen-bond donors (Lipinski definition) is 1. The lowest BCUT2D eigenvalue weighted by Crippen LogP contribution is -2.28. The third-order valence-corrected chi connectivity index (χ3v) is 6.91. The monoisotopic (exact) mass is 448 g/mol. The molecule has 4 aromatic rings. The Bertz CT molecular complexity index is 1220. The van der Waals surface area contributed by atoms with Gasteiger partial charge >= 0.3 is 0 Å². The van der Waals surface area contributed by atoms with E-state index >= 15 is 0 Å². The summed E-state index contributed by atoms with van der Waals surface area (Å²) in [5.41, 5.74) is 8.52. The smallest absolute Gasteiger partial charge is 0.119 e. The summed E-state index contributed by atoms with van der Waals surface area (Å²) in [5, 5.41) is 10.2. The molecule has 0 saturated heterocycles. The van der Waals surface area contributed by atoms with Crippen molar-refractivity contribution in [1.82, 2.24) is 0 Å². The second-order valence-corrected chi connectivity index (χ2v) is 9.83. The topological polar surface area (TPSA) is 29.5 Å². The molecule has 1 aliphatic rings. The summed E-state index contributed by atoms with van der Waals surface area (Å²) >= 11 is 0. The van der Waals surface area contributed by atoms with E-state index in [2.05, 4.69) is 106 Å². The number of rotatable bonds is 7. The summed E-state index contributed by atoms with van der Waals surface area (Å²) in [6.45, 7) is 6.67. The van der Waals surface area contributed by atoms with E-state index in [0.717, 1.165) is 12.2 Å². The molecular formula is C32H32O2. The number of aliphatic hydroxyl groups is 1. The first-order valence-corrected chi connectivity index (χ1v) is 12.2. The molecule has 0 bridgehead atoms. The van der Waals surface area contributed by atoms with Gasteiger partial charge in [-0.3, -0.25) is 0 Å². The van der Waals surface area contributed by atoms with Crippen LogP contribution in [0.1, 0.15) is 48.1 Å². The number of aryl methyl sites for hydroxylation is 1. The maximum absolute atomic E-state index is 10.2.